The maximum atomic E-state index is 11.7. The van der Waals surface area contributed by atoms with Crippen LogP contribution in [-0.4, -0.2) is 40.8 Å². The van der Waals surface area contributed by atoms with E-state index in [9.17, 15) is 9.90 Å². The first-order valence-electron chi connectivity index (χ1n) is 5.85. The molecule has 0 atom stereocenters. The van der Waals surface area contributed by atoms with E-state index in [1.54, 1.807) is 11.8 Å². The molecule has 0 bridgehead atoms. The van der Waals surface area contributed by atoms with Crippen LogP contribution in [-0.2, 0) is 0 Å². The summed E-state index contributed by atoms with van der Waals surface area (Å²) >= 11 is 0. The molecule has 1 aliphatic heterocycles. The molecule has 2 amide bonds. The van der Waals surface area contributed by atoms with Crippen molar-refractivity contribution in [1.29, 1.82) is 0 Å². The fourth-order valence-corrected chi connectivity index (χ4v) is 2.43. The van der Waals surface area contributed by atoms with Crippen LogP contribution in [0.4, 0.5) is 4.79 Å². The molecule has 2 rings (SSSR count). The molecule has 2 fully saturated rings. The van der Waals surface area contributed by atoms with Gasteiger partial charge in [-0.2, -0.15) is 0 Å². The van der Waals surface area contributed by atoms with Gasteiger partial charge in [-0.3, -0.25) is 0 Å². The lowest BCUT2D eigenvalue weighted by Gasteiger charge is -2.44. The molecule has 0 unspecified atom stereocenters. The molecule has 1 heterocycles. The molecule has 15 heavy (non-hydrogen) atoms. The van der Waals surface area contributed by atoms with E-state index >= 15 is 0 Å². The number of nitrogens with one attached hydrogen (secondary N) is 1. The van der Waals surface area contributed by atoms with Crippen LogP contribution in [0.25, 0.3) is 0 Å². The van der Waals surface area contributed by atoms with Crippen molar-refractivity contribution in [2.45, 2.75) is 50.7 Å². The monoisotopic (exact) mass is 212 g/mol. The summed E-state index contributed by atoms with van der Waals surface area (Å²) in [7, 11) is 0. The van der Waals surface area contributed by atoms with Crippen LogP contribution in [0.2, 0.25) is 0 Å². The minimum absolute atomic E-state index is 0.00609. The summed E-state index contributed by atoms with van der Waals surface area (Å²) in [6.07, 6.45) is 5.96. The first kappa shape index (κ1) is 10.7. The first-order valence-corrected chi connectivity index (χ1v) is 5.85. The minimum Gasteiger partial charge on any atom is -0.386 e. The van der Waals surface area contributed by atoms with Crippen LogP contribution in [0, 0.1) is 0 Å². The van der Waals surface area contributed by atoms with Crippen molar-refractivity contribution in [2.75, 3.05) is 13.1 Å². The van der Waals surface area contributed by atoms with Crippen molar-refractivity contribution >= 4 is 6.03 Å². The van der Waals surface area contributed by atoms with E-state index in [0.717, 1.165) is 12.8 Å². The van der Waals surface area contributed by atoms with E-state index in [2.05, 4.69) is 5.32 Å². The lowest BCUT2D eigenvalue weighted by molar-refractivity contribution is -0.0612. The van der Waals surface area contributed by atoms with Crippen molar-refractivity contribution < 1.29 is 9.90 Å². The smallest absolute Gasteiger partial charge is 0.317 e. The standard InChI is InChI=1S/C11H20N2O2/c1-11(15)7-13(8-11)10(14)12-9-5-3-2-4-6-9/h9,15H,2-8H2,1H3,(H,12,14). The highest BCUT2D eigenvalue weighted by molar-refractivity contribution is 5.75. The van der Waals surface area contributed by atoms with Crippen LogP contribution in [0.3, 0.4) is 0 Å². The molecule has 1 aliphatic carbocycles. The fraction of sp³-hybridized carbons (Fsp3) is 0.909. The molecule has 0 spiro atoms. The SMILES string of the molecule is CC1(O)CN(C(=O)NC2CCCCC2)C1. The number of likely N-dealkylation sites (tertiary alicyclic amines) is 1. The number of carbonyl (C=O) groups excluding carboxylic acids is 1. The Morgan fingerprint density at radius 1 is 1.33 bits per heavy atom. The van der Waals surface area contributed by atoms with E-state index < -0.39 is 5.60 Å². The minimum atomic E-state index is -0.663. The van der Waals surface area contributed by atoms with Gasteiger partial charge in [0.2, 0.25) is 0 Å². The Morgan fingerprint density at radius 2 is 1.93 bits per heavy atom. The van der Waals surface area contributed by atoms with Crippen LogP contribution in [0.1, 0.15) is 39.0 Å². The first-order chi connectivity index (χ1) is 7.07. The van der Waals surface area contributed by atoms with Gasteiger partial charge in [-0.25, -0.2) is 4.79 Å². The topological polar surface area (TPSA) is 52.6 Å². The number of rotatable bonds is 1. The van der Waals surface area contributed by atoms with E-state index in [0.29, 0.717) is 19.1 Å². The van der Waals surface area contributed by atoms with Crippen molar-refractivity contribution in [1.82, 2.24) is 10.2 Å². The Bertz CT molecular complexity index is 239. The third-order valence-electron chi connectivity index (χ3n) is 3.28. The summed E-state index contributed by atoms with van der Waals surface area (Å²) in [5, 5.41) is 12.6. The molecule has 0 aromatic carbocycles. The van der Waals surface area contributed by atoms with E-state index in [1.165, 1.54) is 19.3 Å². The number of aliphatic hydroxyl groups is 1. The van der Waals surface area contributed by atoms with Gasteiger partial charge in [-0.15, -0.1) is 0 Å². The number of β-amino-alcohol motifs (C(OH)–C–C–N with tert-alkyl or cyclic N) is 1. The van der Waals surface area contributed by atoms with Crippen molar-refractivity contribution in [3.63, 3.8) is 0 Å². The van der Waals surface area contributed by atoms with Gasteiger partial charge < -0.3 is 15.3 Å². The zero-order chi connectivity index (χ0) is 10.9. The van der Waals surface area contributed by atoms with Crippen LogP contribution in [0.5, 0.6) is 0 Å². The van der Waals surface area contributed by atoms with Crippen molar-refractivity contribution in [2.24, 2.45) is 0 Å². The van der Waals surface area contributed by atoms with E-state index in [-0.39, 0.29) is 6.03 Å². The maximum absolute atomic E-state index is 11.7. The normalized spacial score (nSPS) is 25.9. The third kappa shape index (κ3) is 2.62. The Labute approximate surface area is 90.6 Å². The molecule has 0 aromatic rings. The summed E-state index contributed by atoms with van der Waals surface area (Å²) in [4.78, 5) is 13.4. The zero-order valence-electron chi connectivity index (χ0n) is 9.33. The van der Waals surface area contributed by atoms with Gasteiger partial charge in [-0.05, 0) is 19.8 Å². The molecule has 2 aliphatic rings. The lowest BCUT2D eigenvalue weighted by atomic mass is 9.95. The molecular formula is C11H20N2O2. The predicted molar refractivity (Wildman–Crippen MR) is 57.6 cm³/mol. The second kappa shape index (κ2) is 4.00. The Kier molecular flexibility index (Phi) is 2.87. The summed E-state index contributed by atoms with van der Waals surface area (Å²) in [5.41, 5.74) is -0.663. The Balaban J connectivity index is 1.73. The van der Waals surface area contributed by atoms with Crippen LogP contribution in [0.15, 0.2) is 0 Å². The second-order valence-corrected chi connectivity index (χ2v) is 5.14. The number of carbonyl (C=O) groups is 1. The van der Waals surface area contributed by atoms with Gasteiger partial charge in [0.15, 0.2) is 0 Å². The van der Waals surface area contributed by atoms with Gasteiger partial charge in [-0.1, -0.05) is 19.3 Å². The molecule has 1 saturated heterocycles. The van der Waals surface area contributed by atoms with E-state index in [1.807, 2.05) is 0 Å². The predicted octanol–water partition coefficient (Wildman–Crippen LogP) is 1.10. The maximum Gasteiger partial charge on any atom is 0.317 e. The van der Waals surface area contributed by atoms with E-state index in [4.69, 9.17) is 0 Å². The van der Waals surface area contributed by atoms with Crippen LogP contribution < -0.4 is 5.32 Å². The van der Waals surface area contributed by atoms with Gasteiger partial charge >= 0.3 is 6.03 Å². The second-order valence-electron chi connectivity index (χ2n) is 5.14. The van der Waals surface area contributed by atoms with Gasteiger partial charge in [0.1, 0.15) is 0 Å². The number of amides is 2. The highest BCUT2D eigenvalue weighted by atomic mass is 16.3. The average molecular weight is 212 g/mol. The lowest BCUT2D eigenvalue weighted by Crippen LogP contribution is -2.64. The average Bonchev–Trinajstić information content (AvgIpc) is 2.15. The molecule has 2 N–H and O–H groups in total. The summed E-state index contributed by atoms with van der Waals surface area (Å²) < 4.78 is 0. The van der Waals surface area contributed by atoms with Gasteiger partial charge in [0, 0.05) is 6.04 Å². The third-order valence-corrected chi connectivity index (χ3v) is 3.28. The van der Waals surface area contributed by atoms with Crippen molar-refractivity contribution in [3.8, 4) is 0 Å². The van der Waals surface area contributed by atoms with Crippen LogP contribution >= 0.6 is 0 Å². The highest BCUT2D eigenvalue weighted by Gasteiger charge is 2.39. The fourth-order valence-electron chi connectivity index (χ4n) is 2.43. The number of nitrogens with zero attached hydrogens (tertiary/aromatic N) is 1. The number of hydrogen-bond acceptors (Lipinski definition) is 2. The highest BCUT2D eigenvalue weighted by Crippen LogP contribution is 2.21. The molecule has 0 aromatic heterocycles. The molecular weight excluding hydrogens is 192 g/mol. The molecule has 4 nitrogen and oxygen atoms in total. The summed E-state index contributed by atoms with van der Waals surface area (Å²) in [6, 6.07) is 0.352. The van der Waals surface area contributed by atoms with Gasteiger partial charge in [0.05, 0.1) is 18.7 Å². The van der Waals surface area contributed by atoms with Crippen molar-refractivity contribution in [3.05, 3.63) is 0 Å². The molecule has 1 saturated carbocycles. The Morgan fingerprint density at radius 3 is 2.47 bits per heavy atom. The van der Waals surface area contributed by atoms with Gasteiger partial charge in [0.25, 0.3) is 0 Å². The quantitative estimate of drug-likeness (QED) is 0.683. The summed E-state index contributed by atoms with van der Waals surface area (Å²) in [6.45, 7) is 2.69. The largest absolute Gasteiger partial charge is 0.386 e. The number of urea groups is 1. The Hall–Kier alpha value is -0.770. The molecule has 86 valence electrons. The molecule has 4 heteroatoms. The molecule has 0 radical (unpaired) electrons. The zero-order valence-corrected chi connectivity index (χ0v) is 9.33. The summed E-state index contributed by atoms with van der Waals surface area (Å²) in [5.74, 6) is 0. The number of hydrogen-bond donors (Lipinski definition) is 2.